The fraction of sp³-hybridized carbons (Fsp3) is 0.632. The standard InChI is InChI=1S/C19H28N2O/c1-15(2)12-20-18(22)14-21-13-17-10-6-7-11-19(17,21)16-8-4-3-5-9-16/h3-5,8-9,15,17H,6-7,10-14H2,1-2H3,(H,20,22)/t17-,19-/m1/s1. The number of fused-ring (bicyclic) bond motifs is 1. The SMILES string of the molecule is CC(C)CNC(=O)CN1C[C@H]2CCCC[C@@]21c1ccccc1. The predicted molar refractivity (Wildman–Crippen MR) is 89.5 cm³/mol. The molecular formula is C19H28N2O. The van der Waals surface area contributed by atoms with Crippen LogP contribution >= 0.6 is 0 Å². The van der Waals surface area contributed by atoms with Crippen LogP contribution in [0.1, 0.15) is 45.1 Å². The van der Waals surface area contributed by atoms with Gasteiger partial charge < -0.3 is 5.32 Å². The van der Waals surface area contributed by atoms with E-state index in [0.717, 1.165) is 19.0 Å². The van der Waals surface area contributed by atoms with Gasteiger partial charge in [-0.25, -0.2) is 0 Å². The Kier molecular flexibility index (Phi) is 4.53. The Hall–Kier alpha value is -1.35. The minimum atomic E-state index is 0.120. The van der Waals surface area contributed by atoms with Crippen LogP contribution in [-0.4, -0.2) is 30.4 Å². The van der Waals surface area contributed by atoms with Crippen LogP contribution in [0.3, 0.4) is 0 Å². The van der Waals surface area contributed by atoms with Crippen LogP contribution in [0.2, 0.25) is 0 Å². The average Bonchev–Trinajstić information content (AvgIpc) is 2.51. The van der Waals surface area contributed by atoms with Crippen LogP contribution in [0.15, 0.2) is 30.3 Å². The molecule has 0 bridgehead atoms. The Morgan fingerprint density at radius 2 is 2.09 bits per heavy atom. The van der Waals surface area contributed by atoms with Crippen molar-refractivity contribution in [3.8, 4) is 0 Å². The number of hydrogen-bond acceptors (Lipinski definition) is 2. The maximum atomic E-state index is 12.2. The van der Waals surface area contributed by atoms with Crippen molar-refractivity contribution in [3.05, 3.63) is 35.9 Å². The van der Waals surface area contributed by atoms with Crippen molar-refractivity contribution >= 4 is 5.91 Å². The smallest absolute Gasteiger partial charge is 0.234 e. The van der Waals surface area contributed by atoms with Gasteiger partial charge in [-0.05, 0) is 30.2 Å². The Bertz CT molecular complexity index is 513. The number of carbonyl (C=O) groups is 1. The molecule has 2 atom stereocenters. The van der Waals surface area contributed by atoms with Crippen LogP contribution in [0.5, 0.6) is 0 Å². The summed E-state index contributed by atoms with van der Waals surface area (Å²) in [5, 5.41) is 3.06. The second-order valence-electron chi connectivity index (χ2n) is 7.31. The third kappa shape index (κ3) is 2.79. The summed E-state index contributed by atoms with van der Waals surface area (Å²) in [5.41, 5.74) is 1.52. The lowest BCUT2D eigenvalue weighted by Crippen LogP contribution is -2.67. The van der Waals surface area contributed by atoms with Gasteiger partial charge in [0, 0.05) is 13.1 Å². The molecule has 22 heavy (non-hydrogen) atoms. The Morgan fingerprint density at radius 1 is 1.32 bits per heavy atom. The first-order valence-electron chi connectivity index (χ1n) is 8.70. The molecule has 3 nitrogen and oxygen atoms in total. The molecule has 1 aliphatic heterocycles. The minimum absolute atomic E-state index is 0.120. The van der Waals surface area contributed by atoms with E-state index in [4.69, 9.17) is 0 Å². The van der Waals surface area contributed by atoms with Crippen molar-refractivity contribution in [1.82, 2.24) is 10.2 Å². The van der Waals surface area contributed by atoms with Crippen LogP contribution in [-0.2, 0) is 10.3 Å². The van der Waals surface area contributed by atoms with Gasteiger partial charge in [0.2, 0.25) is 5.91 Å². The molecule has 1 heterocycles. The number of hydrogen-bond donors (Lipinski definition) is 1. The first kappa shape index (κ1) is 15.5. The molecule has 3 rings (SSSR count). The molecule has 120 valence electrons. The maximum Gasteiger partial charge on any atom is 0.234 e. The highest BCUT2D eigenvalue weighted by Gasteiger charge is 2.55. The van der Waals surface area contributed by atoms with E-state index in [1.807, 2.05) is 0 Å². The molecule has 2 fully saturated rings. The Balaban J connectivity index is 1.73. The van der Waals surface area contributed by atoms with Crippen LogP contribution in [0.4, 0.5) is 0 Å². The lowest BCUT2D eigenvalue weighted by atomic mass is 9.62. The summed E-state index contributed by atoms with van der Waals surface area (Å²) in [6.45, 7) is 6.65. The molecule has 0 radical (unpaired) electrons. The summed E-state index contributed by atoms with van der Waals surface area (Å²) in [7, 11) is 0. The molecule has 0 aromatic heterocycles. The van der Waals surface area contributed by atoms with Gasteiger partial charge in [0.25, 0.3) is 0 Å². The molecule has 1 saturated carbocycles. The summed E-state index contributed by atoms with van der Waals surface area (Å²) in [5.74, 6) is 1.40. The molecule has 1 N–H and O–H groups in total. The number of benzene rings is 1. The van der Waals surface area contributed by atoms with Crippen molar-refractivity contribution in [2.45, 2.75) is 45.1 Å². The quantitative estimate of drug-likeness (QED) is 0.906. The lowest BCUT2D eigenvalue weighted by Gasteiger charge is -2.61. The predicted octanol–water partition coefficient (Wildman–Crippen LogP) is 3.16. The second-order valence-corrected chi connectivity index (χ2v) is 7.31. The zero-order valence-corrected chi connectivity index (χ0v) is 13.8. The maximum absolute atomic E-state index is 12.2. The third-order valence-electron chi connectivity index (χ3n) is 5.36. The Morgan fingerprint density at radius 3 is 2.77 bits per heavy atom. The largest absolute Gasteiger partial charge is 0.355 e. The summed E-state index contributed by atoms with van der Waals surface area (Å²) in [6, 6.07) is 10.8. The van der Waals surface area contributed by atoms with Gasteiger partial charge in [0.05, 0.1) is 12.1 Å². The van der Waals surface area contributed by atoms with Crippen molar-refractivity contribution in [2.75, 3.05) is 19.6 Å². The third-order valence-corrected chi connectivity index (χ3v) is 5.36. The van der Waals surface area contributed by atoms with Gasteiger partial charge in [0.1, 0.15) is 0 Å². The van der Waals surface area contributed by atoms with E-state index in [2.05, 4.69) is 54.4 Å². The molecule has 1 aromatic carbocycles. The van der Waals surface area contributed by atoms with E-state index in [0.29, 0.717) is 12.5 Å². The number of likely N-dealkylation sites (tertiary alicyclic amines) is 1. The zero-order valence-electron chi connectivity index (χ0n) is 13.8. The number of rotatable bonds is 5. The highest BCUT2D eigenvalue weighted by atomic mass is 16.2. The second kappa shape index (κ2) is 6.41. The Labute approximate surface area is 134 Å². The molecule has 0 unspecified atom stereocenters. The summed E-state index contributed by atoms with van der Waals surface area (Å²) < 4.78 is 0. The van der Waals surface area contributed by atoms with E-state index >= 15 is 0 Å². The van der Waals surface area contributed by atoms with Crippen LogP contribution in [0, 0.1) is 11.8 Å². The monoisotopic (exact) mass is 300 g/mol. The van der Waals surface area contributed by atoms with E-state index in [-0.39, 0.29) is 11.4 Å². The summed E-state index contributed by atoms with van der Waals surface area (Å²) in [4.78, 5) is 14.7. The van der Waals surface area contributed by atoms with Gasteiger partial charge in [-0.2, -0.15) is 0 Å². The topological polar surface area (TPSA) is 32.3 Å². The molecule has 1 saturated heterocycles. The summed E-state index contributed by atoms with van der Waals surface area (Å²) >= 11 is 0. The van der Waals surface area contributed by atoms with Crippen molar-refractivity contribution < 1.29 is 4.79 Å². The fourth-order valence-electron chi connectivity index (χ4n) is 4.25. The van der Waals surface area contributed by atoms with E-state index in [1.54, 1.807) is 0 Å². The molecule has 2 aliphatic rings. The molecule has 1 amide bonds. The fourth-order valence-corrected chi connectivity index (χ4v) is 4.25. The van der Waals surface area contributed by atoms with E-state index in [9.17, 15) is 4.79 Å². The molecule has 1 aliphatic carbocycles. The first-order chi connectivity index (χ1) is 10.6. The van der Waals surface area contributed by atoms with Gasteiger partial charge in [0.15, 0.2) is 0 Å². The van der Waals surface area contributed by atoms with Gasteiger partial charge in [-0.1, -0.05) is 57.0 Å². The normalized spacial score (nSPS) is 28.0. The highest BCUT2D eigenvalue weighted by molar-refractivity contribution is 5.78. The van der Waals surface area contributed by atoms with Gasteiger partial charge >= 0.3 is 0 Å². The average molecular weight is 300 g/mol. The van der Waals surface area contributed by atoms with Crippen molar-refractivity contribution in [2.24, 2.45) is 11.8 Å². The number of nitrogens with zero attached hydrogens (tertiary/aromatic N) is 1. The van der Waals surface area contributed by atoms with Crippen molar-refractivity contribution in [3.63, 3.8) is 0 Å². The highest BCUT2D eigenvalue weighted by Crippen LogP contribution is 2.53. The molecule has 3 heteroatoms. The molecule has 0 spiro atoms. The van der Waals surface area contributed by atoms with Gasteiger partial charge in [-0.15, -0.1) is 0 Å². The number of carbonyl (C=O) groups excluding carboxylic acids is 1. The lowest BCUT2D eigenvalue weighted by molar-refractivity contribution is -0.142. The van der Waals surface area contributed by atoms with Gasteiger partial charge in [-0.3, -0.25) is 9.69 Å². The number of nitrogens with one attached hydrogen (secondary N) is 1. The first-order valence-corrected chi connectivity index (χ1v) is 8.70. The molecular weight excluding hydrogens is 272 g/mol. The van der Waals surface area contributed by atoms with E-state index in [1.165, 1.54) is 31.2 Å². The van der Waals surface area contributed by atoms with Crippen molar-refractivity contribution in [1.29, 1.82) is 0 Å². The number of amides is 1. The van der Waals surface area contributed by atoms with Crippen LogP contribution < -0.4 is 5.32 Å². The molecule has 1 aromatic rings. The van der Waals surface area contributed by atoms with E-state index < -0.39 is 0 Å². The van der Waals surface area contributed by atoms with Crippen LogP contribution in [0.25, 0.3) is 0 Å². The summed E-state index contributed by atoms with van der Waals surface area (Å²) in [6.07, 6.45) is 5.11. The minimum Gasteiger partial charge on any atom is -0.355 e. The zero-order chi connectivity index (χ0) is 15.6.